The van der Waals surface area contributed by atoms with Crippen LogP contribution in [-0.4, -0.2) is 43.1 Å². The number of anilines is 1. The molecule has 1 aliphatic carbocycles. The Morgan fingerprint density at radius 1 is 1.20 bits per heavy atom. The molecule has 0 amide bonds. The molecule has 0 radical (unpaired) electrons. The Bertz CT molecular complexity index is 756. The Kier molecular flexibility index (Phi) is 4.43. The zero-order valence-electron chi connectivity index (χ0n) is 14.6. The van der Waals surface area contributed by atoms with Crippen molar-refractivity contribution in [2.24, 2.45) is 0 Å². The molecule has 0 aromatic carbocycles. The molecule has 0 unspecified atom stereocenters. The van der Waals surface area contributed by atoms with Crippen molar-refractivity contribution in [3.63, 3.8) is 0 Å². The number of nitrogens with zero attached hydrogens (tertiary/aromatic N) is 5. The van der Waals surface area contributed by atoms with Gasteiger partial charge < -0.3 is 15.1 Å². The topological polar surface area (TPSA) is 87.3 Å². The predicted molar refractivity (Wildman–Crippen MR) is 93.3 cm³/mol. The second-order valence-corrected chi connectivity index (χ2v) is 7.12. The number of aromatic nitrogens is 4. The Hall–Kier alpha value is -1.99. The highest BCUT2D eigenvalue weighted by Gasteiger charge is 2.25. The standard InChI is InChI=1S/C18H25N5O2/c1-12-8-15(13-4-2-5-13)20-18(19-12)22-6-3-7-23-14(10-22)9-16(21-23)17(25)11-24/h8-9,13,17,24-25H,2-7,10-11H2,1H3/t17-/m1/s1. The van der Waals surface area contributed by atoms with Gasteiger partial charge in [-0.05, 0) is 38.3 Å². The summed E-state index contributed by atoms with van der Waals surface area (Å²) in [5, 5.41) is 23.4. The van der Waals surface area contributed by atoms with Crippen LogP contribution in [0.4, 0.5) is 5.95 Å². The fourth-order valence-corrected chi connectivity index (χ4v) is 3.54. The van der Waals surface area contributed by atoms with E-state index in [0.29, 0.717) is 18.2 Å². The summed E-state index contributed by atoms with van der Waals surface area (Å²) in [4.78, 5) is 11.7. The quantitative estimate of drug-likeness (QED) is 0.878. The van der Waals surface area contributed by atoms with Crippen molar-refractivity contribution in [3.8, 4) is 0 Å². The summed E-state index contributed by atoms with van der Waals surface area (Å²) in [5.74, 6) is 1.38. The van der Waals surface area contributed by atoms with E-state index in [1.165, 1.54) is 25.0 Å². The van der Waals surface area contributed by atoms with E-state index in [1.807, 2.05) is 17.7 Å². The van der Waals surface area contributed by atoms with Gasteiger partial charge in [0.2, 0.25) is 5.95 Å². The number of aliphatic hydroxyl groups excluding tert-OH is 2. The van der Waals surface area contributed by atoms with E-state index < -0.39 is 6.10 Å². The van der Waals surface area contributed by atoms with Gasteiger partial charge in [-0.3, -0.25) is 4.68 Å². The Balaban J connectivity index is 1.60. The van der Waals surface area contributed by atoms with E-state index in [9.17, 15) is 5.11 Å². The number of rotatable bonds is 4. The molecule has 1 fully saturated rings. The molecule has 2 N–H and O–H groups in total. The monoisotopic (exact) mass is 343 g/mol. The predicted octanol–water partition coefficient (Wildman–Crippen LogP) is 1.69. The maximum Gasteiger partial charge on any atom is 0.226 e. The molecule has 7 nitrogen and oxygen atoms in total. The first-order chi connectivity index (χ1) is 12.1. The molecule has 2 aromatic heterocycles. The van der Waals surface area contributed by atoms with E-state index in [0.717, 1.165) is 36.8 Å². The first-order valence-electron chi connectivity index (χ1n) is 9.10. The molecule has 2 aliphatic rings. The average molecular weight is 343 g/mol. The molecule has 2 aromatic rings. The van der Waals surface area contributed by atoms with Crippen LogP contribution in [0.5, 0.6) is 0 Å². The molecule has 1 saturated carbocycles. The summed E-state index contributed by atoms with van der Waals surface area (Å²) in [5.41, 5.74) is 3.74. The lowest BCUT2D eigenvalue weighted by Crippen LogP contribution is -2.26. The lowest BCUT2D eigenvalue weighted by Gasteiger charge is -2.27. The summed E-state index contributed by atoms with van der Waals surface area (Å²) < 4.78 is 1.93. The number of hydrogen-bond donors (Lipinski definition) is 2. The largest absolute Gasteiger partial charge is 0.393 e. The normalized spacial score (nSPS) is 19.2. The first kappa shape index (κ1) is 16.5. The smallest absolute Gasteiger partial charge is 0.226 e. The molecule has 0 spiro atoms. The molecule has 1 aliphatic heterocycles. The van der Waals surface area contributed by atoms with Gasteiger partial charge in [0.1, 0.15) is 6.10 Å². The maximum atomic E-state index is 9.84. The van der Waals surface area contributed by atoms with E-state index in [4.69, 9.17) is 10.1 Å². The molecule has 134 valence electrons. The van der Waals surface area contributed by atoms with Crippen LogP contribution in [0.15, 0.2) is 12.1 Å². The lowest BCUT2D eigenvalue weighted by molar-refractivity contribution is 0.0916. The van der Waals surface area contributed by atoms with Crippen LogP contribution in [0.25, 0.3) is 0 Å². The first-order valence-corrected chi connectivity index (χ1v) is 9.10. The Morgan fingerprint density at radius 3 is 2.76 bits per heavy atom. The molecular formula is C18H25N5O2. The number of hydrogen-bond acceptors (Lipinski definition) is 6. The van der Waals surface area contributed by atoms with E-state index in [1.54, 1.807) is 0 Å². The summed E-state index contributed by atoms with van der Waals surface area (Å²) in [6, 6.07) is 3.99. The van der Waals surface area contributed by atoms with Crippen LogP contribution in [0.2, 0.25) is 0 Å². The zero-order chi connectivity index (χ0) is 17.4. The van der Waals surface area contributed by atoms with Crippen molar-refractivity contribution in [1.29, 1.82) is 0 Å². The van der Waals surface area contributed by atoms with Crippen LogP contribution >= 0.6 is 0 Å². The molecule has 7 heteroatoms. The van der Waals surface area contributed by atoms with Crippen molar-refractivity contribution >= 4 is 5.95 Å². The zero-order valence-corrected chi connectivity index (χ0v) is 14.6. The van der Waals surface area contributed by atoms with Crippen molar-refractivity contribution in [2.75, 3.05) is 18.1 Å². The van der Waals surface area contributed by atoms with Crippen LogP contribution in [0, 0.1) is 6.92 Å². The van der Waals surface area contributed by atoms with Gasteiger partial charge in [-0.25, -0.2) is 9.97 Å². The van der Waals surface area contributed by atoms with Crippen LogP contribution in [0.1, 0.15) is 60.5 Å². The van der Waals surface area contributed by atoms with Gasteiger partial charge in [-0.2, -0.15) is 5.10 Å². The summed E-state index contributed by atoms with van der Waals surface area (Å²) in [6.45, 7) is 4.07. The SMILES string of the molecule is Cc1cc(C2CCC2)nc(N2CCCn3nc([C@H](O)CO)cc3C2)n1. The minimum atomic E-state index is -0.923. The fourth-order valence-electron chi connectivity index (χ4n) is 3.54. The van der Waals surface area contributed by atoms with Gasteiger partial charge >= 0.3 is 0 Å². The molecule has 0 bridgehead atoms. The van der Waals surface area contributed by atoms with Gasteiger partial charge in [0.05, 0.1) is 24.5 Å². The Labute approximate surface area is 147 Å². The van der Waals surface area contributed by atoms with Crippen LogP contribution < -0.4 is 4.90 Å². The van der Waals surface area contributed by atoms with Gasteiger partial charge in [-0.1, -0.05) is 6.42 Å². The van der Waals surface area contributed by atoms with Gasteiger partial charge in [-0.15, -0.1) is 0 Å². The minimum absolute atomic E-state index is 0.314. The van der Waals surface area contributed by atoms with Crippen LogP contribution in [-0.2, 0) is 13.1 Å². The molecule has 0 saturated heterocycles. The molecule has 3 heterocycles. The average Bonchev–Trinajstić information content (AvgIpc) is 2.83. The third kappa shape index (κ3) is 3.26. The van der Waals surface area contributed by atoms with Crippen molar-refractivity contribution in [2.45, 2.75) is 57.7 Å². The minimum Gasteiger partial charge on any atom is -0.393 e. The molecule has 1 atom stereocenters. The van der Waals surface area contributed by atoms with Gasteiger partial charge in [0.15, 0.2) is 0 Å². The van der Waals surface area contributed by atoms with Gasteiger partial charge in [0, 0.05) is 30.4 Å². The summed E-state index contributed by atoms with van der Waals surface area (Å²) in [7, 11) is 0. The highest BCUT2D eigenvalue weighted by molar-refractivity contribution is 5.35. The van der Waals surface area contributed by atoms with Crippen molar-refractivity contribution in [1.82, 2.24) is 19.7 Å². The molecular weight excluding hydrogens is 318 g/mol. The molecule has 25 heavy (non-hydrogen) atoms. The van der Waals surface area contributed by atoms with E-state index >= 15 is 0 Å². The number of fused-ring (bicyclic) bond motifs is 1. The third-order valence-corrected chi connectivity index (χ3v) is 5.22. The van der Waals surface area contributed by atoms with Gasteiger partial charge in [0.25, 0.3) is 0 Å². The fraction of sp³-hybridized carbons (Fsp3) is 0.611. The lowest BCUT2D eigenvalue weighted by atomic mass is 9.83. The Morgan fingerprint density at radius 2 is 2.04 bits per heavy atom. The third-order valence-electron chi connectivity index (χ3n) is 5.22. The number of aliphatic hydroxyl groups is 2. The van der Waals surface area contributed by atoms with Crippen molar-refractivity contribution < 1.29 is 10.2 Å². The second kappa shape index (κ2) is 6.72. The van der Waals surface area contributed by atoms with Crippen LogP contribution in [0.3, 0.4) is 0 Å². The van der Waals surface area contributed by atoms with E-state index in [2.05, 4.69) is 21.0 Å². The summed E-state index contributed by atoms with van der Waals surface area (Å²) >= 11 is 0. The highest BCUT2D eigenvalue weighted by atomic mass is 16.3. The number of aryl methyl sites for hydroxylation is 2. The highest BCUT2D eigenvalue weighted by Crippen LogP contribution is 2.36. The second-order valence-electron chi connectivity index (χ2n) is 7.12. The van der Waals surface area contributed by atoms with Crippen molar-refractivity contribution in [3.05, 3.63) is 34.9 Å². The van der Waals surface area contributed by atoms with E-state index in [-0.39, 0.29) is 6.61 Å². The molecule has 4 rings (SSSR count). The maximum absolute atomic E-state index is 9.84. The summed E-state index contributed by atoms with van der Waals surface area (Å²) in [6.07, 6.45) is 3.77.